The minimum Gasteiger partial charge on any atom is -0.447 e. The highest BCUT2D eigenvalue weighted by Crippen LogP contribution is 2.41. The summed E-state index contributed by atoms with van der Waals surface area (Å²) in [5, 5.41) is 7.51. The molecule has 8 nitrogen and oxygen atoms in total. The molecule has 198 valence electrons. The highest BCUT2D eigenvalue weighted by molar-refractivity contribution is 7.89. The normalized spacial score (nSPS) is 21.6. The van der Waals surface area contributed by atoms with Crippen LogP contribution in [0.15, 0.2) is 29.3 Å². The fourth-order valence-corrected chi connectivity index (χ4v) is 7.45. The van der Waals surface area contributed by atoms with Crippen molar-refractivity contribution in [3.63, 3.8) is 0 Å². The number of alkyl carbamates (subject to hydrolysis) is 1. The lowest BCUT2D eigenvalue weighted by Crippen LogP contribution is -2.41. The van der Waals surface area contributed by atoms with Crippen molar-refractivity contribution in [2.24, 2.45) is 0 Å². The van der Waals surface area contributed by atoms with Crippen LogP contribution in [0.4, 0.5) is 10.5 Å². The van der Waals surface area contributed by atoms with Crippen molar-refractivity contribution in [3.8, 4) is 10.4 Å². The highest BCUT2D eigenvalue weighted by Gasteiger charge is 2.32. The zero-order valence-corrected chi connectivity index (χ0v) is 23.2. The molecule has 0 saturated heterocycles. The minimum absolute atomic E-state index is 0.0254. The number of aromatic nitrogens is 1. The number of ether oxygens (including phenoxy) is 1. The van der Waals surface area contributed by atoms with Crippen LogP contribution in [0, 0.1) is 0 Å². The number of rotatable bonds is 9. The van der Waals surface area contributed by atoms with Gasteiger partial charge in [-0.15, -0.1) is 11.3 Å². The number of hydrogen-bond donors (Lipinski definition) is 3. The Morgan fingerprint density at radius 3 is 2.56 bits per heavy atom. The lowest BCUT2D eigenvalue weighted by atomic mass is 9.78. The molecule has 0 atom stereocenters. The van der Waals surface area contributed by atoms with Gasteiger partial charge in [0.2, 0.25) is 10.0 Å². The van der Waals surface area contributed by atoms with Crippen molar-refractivity contribution >= 4 is 33.1 Å². The van der Waals surface area contributed by atoms with Crippen LogP contribution >= 0.6 is 11.3 Å². The Balaban J connectivity index is 1.50. The summed E-state index contributed by atoms with van der Waals surface area (Å²) in [5.41, 5.74) is 1.53. The van der Waals surface area contributed by atoms with Gasteiger partial charge in [0.1, 0.15) is 0 Å². The van der Waals surface area contributed by atoms with Crippen molar-refractivity contribution in [1.29, 1.82) is 0 Å². The fourth-order valence-electron chi connectivity index (χ4n) is 4.97. The summed E-state index contributed by atoms with van der Waals surface area (Å²) in [5.74, 6) is 0.302. The molecule has 2 aliphatic carbocycles. The van der Waals surface area contributed by atoms with E-state index in [0.29, 0.717) is 18.0 Å². The molecule has 2 saturated carbocycles. The van der Waals surface area contributed by atoms with Gasteiger partial charge in [0.05, 0.1) is 20.9 Å². The smallest absolute Gasteiger partial charge is 0.407 e. The quantitative estimate of drug-likeness (QED) is 0.385. The number of carbonyl (C=O) groups is 1. The number of hydrogen-bond acceptors (Lipinski definition) is 7. The van der Waals surface area contributed by atoms with Gasteiger partial charge in [-0.05, 0) is 77.8 Å². The van der Waals surface area contributed by atoms with E-state index in [0.717, 1.165) is 54.1 Å². The van der Waals surface area contributed by atoms with E-state index in [1.54, 1.807) is 30.5 Å². The summed E-state index contributed by atoms with van der Waals surface area (Å²) >= 11 is 1.56. The molecule has 1 aromatic heterocycles. The maximum Gasteiger partial charge on any atom is 0.407 e. The van der Waals surface area contributed by atoms with Crippen LogP contribution in [0.1, 0.15) is 83.6 Å². The van der Waals surface area contributed by atoms with Gasteiger partial charge in [-0.3, -0.25) is 0 Å². The van der Waals surface area contributed by atoms with E-state index in [4.69, 9.17) is 9.72 Å². The van der Waals surface area contributed by atoms with Gasteiger partial charge in [0.25, 0.3) is 0 Å². The molecule has 1 amide bonds. The Bertz CT molecular complexity index is 1170. The van der Waals surface area contributed by atoms with E-state index >= 15 is 0 Å². The highest BCUT2D eigenvalue weighted by atomic mass is 32.2. The number of nitrogens with one attached hydrogen (secondary N) is 3. The Morgan fingerprint density at radius 1 is 1.22 bits per heavy atom. The van der Waals surface area contributed by atoms with Crippen molar-refractivity contribution in [2.45, 2.75) is 101 Å². The van der Waals surface area contributed by atoms with E-state index in [-0.39, 0.29) is 28.7 Å². The van der Waals surface area contributed by atoms with Crippen molar-refractivity contribution in [2.75, 3.05) is 11.9 Å². The van der Waals surface area contributed by atoms with E-state index in [1.165, 1.54) is 6.42 Å². The molecule has 1 heterocycles. The maximum atomic E-state index is 13.1. The SMILES string of the molecule is CCNS(=O)(=O)c1cc(NC2(C)CCC2)ccc1-c1cnc(C2CCC(NC(=O)OC(C)C)CC2)s1. The number of carbonyl (C=O) groups excluding carboxylic acids is 1. The average Bonchev–Trinajstić information content (AvgIpc) is 3.28. The van der Waals surface area contributed by atoms with Gasteiger partial charge >= 0.3 is 6.09 Å². The third-order valence-corrected chi connectivity index (χ3v) is 9.82. The number of sulfonamides is 1. The van der Waals surface area contributed by atoms with Crippen LogP contribution in [0.2, 0.25) is 0 Å². The Morgan fingerprint density at radius 2 is 1.94 bits per heavy atom. The second-order valence-corrected chi connectivity index (χ2v) is 13.3. The summed E-state index contributed by atoms with van der Waals surface area (Å²) < 4.78 is 34.1. The van der Waals surface area contributed by atoms with Crippen molar-refractivity contribution < 1.29 is 17.9 Å². The number of anilines is 1. The predicted octanol–water partition coefficient (Wildman–Crippen LogP) is 5.62. The predicted molar refractivity (Wildman–Crippen MR) is 144 cm³/mol. The monoisotopic (exact) mass is 534 g/mol. The summed E-state index contributed by atoms with van der Waals surface area (Å²) in [4.78, 5) is 17.7. The van der Waals surface area contributed by atoms with Gasteiger partial charge in [-0.2, -0.15) is 0 Å². The Kier molecular flexibility index (Phi) is 8.26. The molecule has 4 rings (SSSR count). The summed E-state index contributed by atoms with van der Waals surface area (Å²) in [6.07, 6.45) is 8.23. The first-order valence-electron chi connectivity index (χ1n) is 12.9. The average molecular weight is 535 g/mol. The van der Waals surface area contributed by atoms with E-state index in [1.807, 2.05) is 26.0 Å². The van der Waals surface area contributed by atoms with Gasteiger partial charge in [0, 0.05) is 41.5 Å². The summed E-state index contributed by atoms with van der Waals surface area (Å²) in [6.45, 7) is 7.96. The Labute approximate surface area is 218 Å². The largest absolute Gasteiger partial charge is 0.447 e. The third kappa shape index (κ3) is 6.39. The molecular weight excluding hydrogens is 496 g/mol. The molecule has 0 radical (unpaired) electrons. The van der Waals surface area contributed by atoms with Crippen LogP contribution in [-0.4, -0.2) is 43.7 Å². The van der Waals surface area contributed by atoms with Crippen LogP contribution in [-0.2, 0) is 14.8 Å². The fraction of sp³-hybridized carbons (Fsp3) is 0.615. The van der Waals surface area contributed by atoms with Gasteiger partial charge in [-0.1, -0.05) is 13.0 Å². The van der Waals surface area contributed by atoms with Gasteiger partial charge in [-0.25, -0.2) is 22.9 Å². The molecule has 0 unspecified atom stereocenters. The van der Waals surface area contributed by atoms with Gasteiger partial charge in [0.15, 0.2) is 0 Å². The molecule has 2 aromatic rings. The van der Waals surface area contributed by atoms with Crippen LogP contribution in [0.5, 0.6) is 0 Å². The van der Waals surface area contributed by atoms with Crippen LogP contribution < -0.4 is 15.4 Å². The third-order valence-electron chi connectivity index (χ3n) is 7.04. The molecule has 3 N–H and O–H groups in total. The number of amides is 1. The number of nitrogens with zero attached hydrogens (tertiary/aromatic N) is 1. The van der Waals surface area contributed by atoms with Crippen LogP contribution in [0.3, 0.4) is 0 Å². The van der Waals surface area contributed by atoms with Crippen molar-refractivity contribution in [1.82, 2.24) is 15.0 Å². The standard InChI is InChI=1S/C26H38N4O4S2/c1-5-28-36(32,33)23-15-20(30-26(4)13-6-14-26)11-12-21(23)22-16-27-24(35-22)18-7-9-19(10-8-18)29-25(31)34-17(2)3/h11-12,15-19,28,30H,5-10,13-14H2,1-4H3,(H,29,31). The maximum absolute atomic E-state index is 13.1. The molecular formula is C26H38N4O4S2. The van der Waals surface area contributed by atoms with Crippen LogP contribution in [0.25, 0.3) is 10.4 Å². The molecule has 1 aromatic carbocycles. The number of benzene rings is 1. The van der Waals surface area contributed by atoms with E-state index in [2.05, 4.69) is 22.3 Å². The number of thiazole rings is 1. The molecule has 10 heteroatoms. The topological polar surface area (TPSA) is 109 Å². The summed E-state index contributed by atoms with van der Waals surface area (Å²) in [6, 6.07) is 5.73. The lowest BCUT2D eigenvalue weighted by molar-refractivity contribution is 0.109. The zero-order valence-electron chi connectivity index (χ0n) is 21.6. The van der Waals surface area contributed by atoms with E-state index < -0.39 is 10.0 Å². The molecule has 36 heavy (non-hydrogen) atoms. The second kappa shape index (κ2) is 11.1. The van der Waals surface area contributed by atoms with Gasteiger partial charge < -0.3 is 15.4 Å². The first-order valence-corrected chi connectivity index (χ1v) is 15.2. The molecule has 0 aliphatic heterocycles. The minimum atomic E-state index is -3.66. The first kappa shape index (κ1) is 26.9. The summed E-state index contributed by atoms with van der Waals surface area (Å²) in [7, 11) is -3.66. The molecule has 0 spiro atoms. The first-order chi connectivity index (χ1) is 17.1. The molecule has 2 aliphatic rings. The molecule has 0 bridgehead atoms. The molecule has 2 fully saturated rings. The Hall–Kier alpha value is -2.17. The van der Waals surface area contributed by atoms with Crippen molar-refractivity contribution in [3.05, 3.63) is 29.4 Å². The second-order valence-electron chi connectivity index (χ2n) is 10.5. The zero-order chi connectivity index (χ0) is 25.9. The van der Waals surface area contributed by atoms with E-state index in [9.17, 15) is 13.2 Å². The lowest BCUT2D eigenvalue weighted by Gasteiger charge is -2.40.